The van der Waals surface area contributed by atoms with Gasteiger partial charge in [0.25, 0.3) is 0 Å². The predicted molar refractivity (Wildman–Crippen MR) is 62.1 cm³/mol. The van der Waals surface area contributed by atoms with Crippen molar-refractivity contribution in [3.8, 4) is 11.3 Å². The average molecular weight is 214 g/mol. The molecule has 0 saturated heterocycles. The molecule has 0 spiro atoms. The molecule has 0 aliphatic carbocycles. The summed E-state index contributed by atoms with van der Waals surface area (Å²) in [5, 5.41) is 7.57. The minimum atomic E-state index is 0.864. The van der Waals surface area contributed by atoms with Crippen molar-refractivity contribution in [3.05, 3.63) is 41.2 Å². The molecule has 1 aromatic carbocycles. The lowest BCUT2D eigenvalue weighted by Gasteiger charge is -2.11. The van der Waals surface area contributed by atoms with Crippen LogP contribution in [-0.4, -0.2) is 11.7 Å². The third-order valence-corrected chi connectivity index (χ3v) is 3.10. The van der Waals surface area contributed by atoms with Gasteiger partial charge in [-0.05, 0) is 12.5 Å². The van der Waals surface area contributed by atoms with Crippen molar-refractivity contribution in [2.45, 2.75) is 19.9 Å². The Hall–Kier alpha value is -1.61. The summed E-state index contributed by atoms with van der Waals surface area (Å²) in [6.07, 6.45) is 0.939. The molecule has 0 saturated carbocycles. The molecule has 1 aliphatic rings. The second kappa shape index (κ2) is 3.76. The molecule has 0 unspecified atom stereocenters. The highest BCUT2D eigenvalue weighted by atomic mass is 16.5. The molecule has 0 amide bonds. The standard InChI is InChI=1S/C13H14N2O/c1-9-4-2-3-5-10(9)13-11-8-14-7-6-12(11)16-15-13/h2-5,14H,6-8H2,1H3. The van der Waals surface area contributed by atoms with Gasteiger partial charge in [0.2, 0.25) is 0 Å². The van der Waals surface area contributed by atoms with E-state index in [2.05, 4.69) is 29.5 Å². The monoisotopic (exact) mass is 214 g/mol. The fourth-order valence-corrected chi connectivity index (χ4v) is 2.19. The first-order valence-electron chi connectivity index (χ1n) is 5.60. The molecule has 1 aromatic heterocycles. The number of benzene rings is 1. The summed E-state index contributed by atoms with van der Waals surface area (Å²) >= 11 is 0. The molecule has 0 atom stereocenters. The quantitative estimate of drug-likeness (QED) is 0.791. The summed E-state index contributed by atoms with van der Waals surface area (Å²) in [7, 11) is 0. The number of hydrogen-bond acceptors (Lipinski definition) is 3. The molecule has 82 valence electrons. The summed E-state index contributed by atoms with van der Waals surface area (Å²) in [6.45, 7) is 3.95. The van der Waals surface area contributed by atoms with E-state index in [4.69, 9.17) is 4.52 Å². The van der Waals surface area contributed by atoms with Gasteiger partial charge in [-0.15, -0.1) is 0 Å². The lowest BCUT2D eigenvalue weighted by Crippen LogP contribution is -2.22. The van der Waals surface area contributed by atoms with Crippen LogP contribution in [-0.2, 0) is 13.0 Å². The van der Waals surface area contributed by atoms with E-state index in [1.165, 1.54) is 16.7 Å². The number of aromatic nitrogens is 1. The lowest BCUT2D eigenvalue weighted by atomic mass is 9.99. The Kier molecular flexibility index (Phi) is 2.26. The number of aryl methyl sites for hydroxylation is 1. The van der Waals surface area contributed by atoms with Gasteiger partial charge >= 0.3 is 0 Å². The van der Waals surface area contributed by atoms with Gasteiger partial charge in [-0.3, -0.25) is 0 Å². The van der Waals surface area contributed by atoms with Crippen LogP contribution in [0.2, 0.25) is 0 Å². The molecule has 16 heavy (non-hydrogen) atoms. The Morgan fingerprint density at radius 2 is 2.19 bits per heavy atom. The minimum Gasteiger partial charge on any atom is -0.360 e. The third kappa shape index (κ3) is 1.44. The third-order valence-electron chi connectivity index (χ3n) is 3.10. The first-order chi connectivity index (χ1) is 7.86. The van der Waals surface area contributed by atoms with Crippen molar-refractivity contribution < 1.29 is 4.52 Å². The van der Waals surface area contributed by atoms with E-state index < -0.39 is 0 Å². The molecule has 3 rings (SSSR count). The zero-order chi connectivity index (χ0) is 11.0. The van der Waals surface area contributed by atoms with Crippen molar-refractivity contribution in [1.29, 1.82) is 0 Å². The van der Waals surface area contributed by atoms with E-state index in [9.17, 15) is 0 Å². The number of rotatable bonds is 1. The van der Waals surface area contributed by atoms with Crippen molar-refractivity contribution in [2.24, 2.45) is 0 Å². The van der Waals surface area contributed by atoms with Crippen molar-refractivity contribution in [1.82, 2.24) is 10.5 Å². The Labute approximate surface area is 94.5 Å². The normalized spacial score (nSPS) is 14.8. The van der Waals surface area contributed by atoms with Gasteiger partial charge < -0.3 is 9.84 Å². The maximum Gasteiger partial charge on any atom is 0.143 e. The van der Waals surface area contributed by atoms with Gasteiger partial charge in [-0.1, -0.05) is 29.4 Å². The number of fused-ring (bicyclic) bond motifs is 1. The molecule has 2 heterocycles. The molecule has 1 aliphatic heterocycles. The van der Waals surface area contributed by atoms with Crippen LogP contribution in [0.15, 0.2) is 28.8 Å². The molecule has 2 aromatic rings. The van der Waals surface area contributed by atoms with Gasteiger partial charge in [-0.2, -0.15) is 0 Å². The van der Waals surface area contributed by atoms with Gasteiger partial charge in [0.15, 0.2) is 0 Å². The zero-order valence-electron chi connectivity index (χ0n) is 9.29. The maximum atomic E-state index is 5.41. The van der Waals surface area contributed by atoms with Crippen LogP contribution < -0.4 is 5.32 Å². The number of nitrogens with one attached hydrogen (secondary N) is 1. The molecule has 3 nitrogen and oxygen atoms in total. The first kappa shape index (κ1) is 9.60. The van der Waals surface area contributed by atoms with Crippen LogP contribution in [0.4, 0.5) is 0 Å². The first-order valence-corrected chi connectivity index (χ1v) is 5.60. The van der Waals surface area contributed by atoms with E-state index in [-0.39, 0.29) is 0 Å². The van der Waals surface area contributed by atoms with Crippen LogP contribution >= 0.6 is 0 Å². The molecule has 0 bridgehead atoms. The van der Waals surface area contributed by atoms with E-state index >= 15 is 0 Å². The fourth-order valence-electron chi connectivity index (χ4n) is 2.19. The molecule has 3 heteroatoms. The van der Waals surface area contributed by atoms with E-state index in [0.29, 0.717) is 0 Å². The highest BCUT2D eigenvalue weighted by molar-refractivity contribution is 5.67. The summed E-state index contributed by atoms with van der Waals surface area (Å²) in [6, 6.07) is 8.29. The highest BCUT2D eigenvalue weighted by Crippen LogP contribution is 2.29. The minimum absolute atomic E-state index is 0.864. The molecule has 0 fully saturated rings. The molecule has 0 radical (unpaired) electrons. The Morgan fingerprint density at radius 1 is 1.31 bits per heavy atom. The van der Waals surface area contributed by atoms with Crippen molar-refractivity contribution in [2.75, 3.05) is 6.54 Å². The summed E-state index contributed by atoms with van der Waals surface area (Å²) < 4.78 is 5.41. The summed E-state index contributed by atoms with van der Waals surface area (Å²) in [5.41, 5.74) is 4.64. The Morgan fingerprint density at radius 3 is 3.06 bits per heavy atom. The van der Waals surface area contributed by atoms with Crippen LogP contribution in [0.1, 0.15) is 16.9 Å². The van der Waals surface area contributed by atoms with E-state index in [1.807, 2.05) is 12.1 Å². The zero-order valence-corrected chi connectivity index (χ0v) is 9.29. The van der Waals surface area contributed by atoms with Crippen molar-refractivity contribution in [3.63, 3.8) is 0 Å². The van der Waals surface area contributed by atoms with E-state index in [1.54, 1.807) is 0 Å². The second-order valence-electron chi connectivity index (χ2n) is 4.17. The van der Waals surface area contributed by atoms with Crippen LogP contribution in [0.3, 0.4) is 0 Å². The number of nitrogens with zero attached hydrogens (tertiary/aromatic N) is 1. The average Bonchev–Trinajstić information content (AvgIpc) is 2.74. The Bertz CT molecular complexity index is 516. The number of hydrogen-bond donors (Lipinski definition) is 1. The van der Waals surface area contributed by atoms with Crippen molar-refractivity contribution >= 4 is 0 Å². The van der Waals surface area contributed by atoms with Crippen LogP contribution in [0.5, 0.6) is 0 Å². The van der Waals surface area contributed by atoms with Gasteiger partial charge in [-0.25, -0.2) is 0 Å². The van der Waals surface area contributed by atoms with E-state index in [0.717, 1.165) is 31.0 Å². The summed E-state index contributed by atoms with van der Waals surface area (Å²) in [4.78, 5) is 0. The smallest absolute Gasteiger partial charge is 0.143 e. The fraction of sp³-hybridized carbons (Fsp3) is 0.308. The molecular formula is C13H14N2O. The van der Waals surface area contributed by atoms with Gasteiger partial charge in [0.1, 0.15) is 11.5 Å². The van der Waals surface area contributed by atoms with Gasteiger partial charge in [0, 0.05) is 30.6 Å². The summed E-state index contributed by atoms with van der Waals surface area (Å²) in [5.74, 6) is 1.04. The maximum absolute atomic E-state index is 5.41. The Balaban J connectivity index is 2.13. The van der Waals surface area contributed by atoms with Gasteiger partial charge in [0.05, 0.1) is 0 Å². The largest absolute Gasteiger partial charge is 0.360 e. The molecular weight excluding hydrogens is 200 g/mol. The van der Waals surface area contributed by atoms with Crippen LogP contribution in [0, 0.1) is 6.92 Å². The highest BCUT2D eigenvalue weighted by Gasteiger charge is 2.20. The second-order valence-corrected chi connectivity index (χ2v) is 4.17. The lowest BCUT2D eigenvalue weighted by molar-refractivity contribution is 0.374. The van der Waals surface area contributed by atoms with Crippen LogP contribution in [0.25, 0.3) is 11.3 Å². The predicted octanol–water partition coefficient (Wildman–Crippen LogP) is 2.30. The topological polar surface area (TPSA) is 38.1 Å². The molecule has 1 N–H and O–H groups in total. The SMILES string of the molecule is Cc1ccccc1-c1noc2c1CNCC2.